The number of halogens is 2. The molecule has 0 aliphatic heterocycles. The number of carbonyl (C=O) groups excluding carboxylic acids is 1. The average Bonchev–Trinajstić information content (AvgIpc) is 3.57. The zero-order valence-electron chi connectivity index (χ0n) is 19.7. The van der Waals surface area contributed by atoms with E-state index in [-0.39, 0.29) is 41.1 Å². The molecule has 2 aromatic carbocycles. The lowest BCUT2D eigenvalue weighted by Crippen LogP contribution is -2.41. The van der Waals surface area contributed by atoms with Gasteiger partial charge in [-0.1, -0.05) is 24.3 Å². The van der Waals surface area contributed by atoms with Crippen molar-refractivity contribution in [3.8, 4) is 0 Å². The van der Waals surface area contributed by atoms with Crippen LogP contribution >= 0.6 is 24.0 Å². The van der Waals surface area contributed by atoms with Gasteiger partial charge >= 0.3 is 0 Å². The number of likely N-dealkylation sites (N-methyl/N-ethyl adjacent to an activating group) is 1. The number of nitrogens with one attached hydrogen (secondary N) is 3. The second-order valence-corrected chi connectivity index (χ2v) is 8.60. The van der Waals surface area contributed by atoms with Gasteiger partial charge in [0.25, 0.3) is 5.91 Å². The lowest BCUT2D eigenvalue weighted by Gasteiger charge is -2.19. The first-order valence-corrected chi connectivity index (χ1v) is 11.2. The molecule has 0 bridgehead atoms. The second kappa shape index (κ2) is 12.9. The van der Waals surface area contributed by atoms with E-state index in [9.17, 15) is 9.18 Å². The molecule has 180 valence electrons. The van der Waals surface area contributed by atoms with Crippen LogP contribution < -0.4 is 16.0 Å². The lowest BCUT2D eigenvalue weighted by atomic mass is 9.96. The summed E-state index contributed by atoms with van der Waals surface area (Å²) in [6.45, 7) is 5.33. The molecule has 1 aliphatic rings. The minimum absolute atomic E-state index is 0. The number of rotatable bonds is 10. The molecule has 1 amide bonds. The lowest BCUT2D eigenvalue weighted by molar-refractivity contribution is 0.0951. The zero-order chi connectivity index (χ0) is 23.0. The molecule has 0 aromatic heterocycles. The smallest absolute Gasteiger partial charge is 0.251 e. The number of benzene rings is 2. The summed E-state index contributed by atoms with van der Waals surface area (Å²) in [6.07, 6.45) is 2.07. The third-order valence-corrected chi connectivity index (χ3v) is 5.68. The summed E-state index contributed by atoms with van der Waals surface area (Å²) in [6, 6.07) is 14.4. The van der Waals surface area contributed by atoms with Gasteiger partial charge in [0.2, 0.25) is 0 Å². The maximum atomic E-state index is 13.7. The highest BCUT2D eigenvalue weighted by Crippen LogP contribution is 2.47. The van der Waals surface area contributed by atoms with E-state index in [1.807, 2.05) is 56.3 Å². The molecule has 3 rings (SSSR count). The van der Waals surface area contributed by atoms with Gasteiger partial charge in [-0.2, -0.15) is 0 Å². The fourth-order valence-electron chi connectivity index (χ4n) is 3.61. The Morgan fingerprint density at radius 3 is 2.52 bits per heavy atom. The number of hydrogen-bond donors (Lipinski definition) is 3. The van der Waals surface area contributed by atoms with E-state index in [4.69, 9.17) is 4.99 Å². The van der Waals surface area contributed by atoms with Crippen molar-refractivity contribution in [2.45, 2.75) is 31.7 Å². The van der Waals surface area contributed by atoms with Crippen molar-refractivity contribution in [3.05, 3.63) is 71.0 Å². The van der Waals surface area contributed by atoms with E-state index in [0.717, 1.165) is 43.0 Å². The minimum Gasteiger partial charge on any atom is -0.357 e. The van der Waals surface area contributed by atoms with E-state index < -0.39 is 0 Å². The zero-order valence-corrected chi connectivity index (χ0v) is 22.0. The third kappa shape index (κ3) is 8.26. The number of guanidine groups is 1. The number of carbonyl (C=O) groups is 1. The Morgan fingerprint density at radius 1 is 1.09 bits per heavy atom. The van der Waals surface area contributed by atoms with Gasteiger partial charge in [-0.3, -0.25) is 4.79 Å². The van der Waals surface area contributed by atoms with Crippen LogP contribution in [0.15, 0.2) is 53.5 Å². The standard InChI is InChI=1S/C25H34FN5O.HI/c1-4-27-24(30-18-25(11-12-25)21-9-6-10-22(26)16-21)29-17-19-7-5-8-20(15-19)23(32)28-13-14-31(2)3;/h5-10,15-16H,4,11-14,17-18H2,1-3H3,(H,28,32)(H2,27,29,30);1H. The predicted octanol–water partition coefficient (Wildman–Crippen LogP) is 3.52. The van der Waals surface area contributed by atoms with Crippen LogP contribution in [0.2, 0.25) is 0 Å². The van der Waals surface area contributed by atoms with E-state index >= 15 is 0 Å². The van der Waals surface area contributed by atoms with Gasteiger partial charge in [0, 0.05) is 37.2 Å². The fourth-order valence-corrected chi connectivity index (χ4v) is 3.61. The van der Waals surface area contributed by atoms with Crippen molar-refractivity contribution in [1.29, 1.82) is 0 Å². The molecule has 1 aliphatic carbocycles. The summed E-state index contributed by atoms with van der Waals surface area (Å²) in [5.74, 6) is 0.449. The number of hydrogen-bond acceptors (Lipinski definition) is 3. The Labute approximate surface area is 213 Å². The van der Waals surface area contributed by atoms with Crippen molar-refractivity contribution in [2.24, 2.45) is 4.99 Å². The molecule has 0 heterocycles. The average molecular weight is 567 g/mol. The van der Waals surface area contributed by atoms with Crippen molar-refractivity contribution < 1.29 is 9.18 Å². The molecule has 2 aromatic rings. The molecule has 0 saturated heterocycles. The van der Waals surface area contributed by atoms with Crippen LogP contribution in [-0.4, -0.2) is 57.0 Å². The summed E-state index contributed by atoms with van der Waals surface area (Å²) >= 11 is 0. The Balaban J connectivity index is 0.00000385. The second-order valence-electron chi connectivity index (χ2n) is 8.60. The normalized spacial score (nSPS) is 14.4. The maximum Gasteiger partial charge on any atom is 0.251 e. The van der Waals surface area contributed by atoms with Gasteiger partial charge in [0.1, 0.15) is 5.82 Å². The highest BCUT2D eigenvalue weighted by molar-refractivity contribution is 14.0. The van der Waals surface area contributed by atoms with Gasteiger partial charge in [-0.15, -0.1) is 24.0 Å². The fraction of sp³-hybridized carbons (Fsp3) is 0.440. The highest BCUT2D eigenvalue weighted by atomic mass is 127. The Hall–Kier alpha value is -2.20. The summed E-state index contributed by atoms with van der Waals surface area (Å²) in [7, 11) is 3.95. The molecule has 1 saturated carbocycles. The highest BCUT2D eigenvalue weighted by Gasteiger charge is 2.44. The SMILES string of the molecule is CCNC(=NCc1cccc(C(=O)NCCN(C)C)c1)NCC1(c2cccc(F)c2)CC1.I. The summed E-state index contributed by atoms with van der Waals surface area (Å²) in [5.41, 5.74) is 2.61. The predicted molar refractivity (Wildman–Crippen MR) is 143 cm³/mol. The van der Waals surface area contributed by atoms with Crippen LogP contribution in [0, 0.1) is 5.82 Å². The molecule has 6 nitrogen and oxygen atoms in total. The van der Waals surface area contributed by atoms with Gasteiger partial charge in [-0.05, 0) is 69.3 Å². The van der Waals surface area contributed by atoms with Crippen molar-refractivity contribution in [1.82, 2.24) is 20.9 Å². The van der Waals surface area contributed by atoms with E-state index in [0.29, 0.717) is 25.2 Å². The maximum absolute atomic E-state index is 13.7. The Bertz CT molecular complexity index is 946. The van der Waals surface area contributed by atoms with E-state index in [1.54, 1.807) is 12.1 Å². The first kappa shape index (κ1) is 27.0. The molecular formula is C25H35FIN5O. The van der Waals surface area contributed by atoms with Crippen LogP contribution in [-0.2, 0) is 12.0 Å². The summed E-state index contributed by atoms with van der Waals surface area (Å²) < 4.78 is 13.7. The van der Waals surface area contributed by atoms with Gasteiger partial charge < -0.3 is 20.9 Å². The van der Waals surface area contributed by atoms with Crippen molar-refractivity contribution in [2.75, 3.05) is 40.3 Å². The molecule has 1 fully saturated rings. The number of nitrogens with zero attached hydrogens (tertiary/aromatic N) is 2. The van der Waals surface area contributed by atoms with Crippen molar-refractivity contribution >= 4 is 35.8 Å². The van der Waals surface area contributed by atoms with Crippen LogP contribution in [0.3, 0.4) is 0 Å². The van der Waals surface area contributed by atoms with E-state index in [2.05, 4.69) is 16.0 Å². The molecular weight excluding hydrogens is 532 g/mol. The monoisotopic (exact) mass is 567 g/mol. The van der Waals surface area contributed by atoms with Gasteiger partial charge in [0.05, 0.1) is 6.54 Å². The number of amides is 1. The number of aliphatic imine (C=N–C) groups is 1. The molecule has 0 unspecified atom stereocenters. The molecule has 3 N–H and O–H groups in total. The largest absolute Gasteiger partial charge is 0.357 e. The van der Waals surface area contributed by atoms with Gasteiger partial charge in [-0.25, -0.2) is 9.38 Å². The van der Waals surface area contributed by atoms with Gasteiger partial charge in [0.15, 0.2) is 5.96 Å². The van der Waals surface area contributed by atoms with Crippen LogP contribution in [0.25, 0.3) is 0 Å². The first-order valence-electron chi connectivity index (χ1n) is 11.2. The quantitative estimate of drug-likeness (QED) is 0.234. The minimum atomic E-state index is -0.194. The Morgan fingerprint density at radius 2 is 1.85 bits per heavy atom. The molecule has 0 atom stereocenters. The first-order chi connectivity index (χ1) is 15.4. The Kier molecular flexibility index (Phi) is 10.6. The van der Waals surface area contributed by atoms with Crippen molar-refractivity contribution in [3.63, 3.8) is 0 Å². The van der Waals surface area contributed by atoms with Crippen LogP contribution in [0.4, 0.5) is 4.39 Å². The van der Waals surface area contributed by atoms with Crippen LogP contribution in [0.5, 0.6) is 0 Å². The third-order valence-electron chi connectivity index (χ3n) is 5.68. The molecule has 0 radical (unpaired) electrons. The molecule has 8 heteroatoms. The van der Waals surface area contributed by atoms with E-state index in [1.165, 1.54) is 6.07 Å². The molecule has 33 heavy (non-hydrogen) atoms. The topological polar surface area (TPSA) is 68.8 Å². The summed E-state index contributed by atoms with van der Waals surface area (Å²) in [4.78, 5) is 19.1. The summed E-state index contributed by atoms with van der Waals surface area (Å²) in [5, 5.41) is 9.63. The molecule has 0 spiro atoms. The van der Waals surface area contributed by atoms with Crippen LogP contribution in [0.1, 0.15) is 41.3 Å².